The number of nitriles is 1. The third kappa shape index (κ3) is 2.65. The lowest BCUT2D eigenvalue weighted by Gasteiger charge is -1.69. The summed E-state index contributed by atoms with van der Waals surface area (Å²) < 4.78 is 0. The van der Waals surface area contributed by atoms with Gasteiger partial charge in [-0.15, -0.1) is 11.3 Å². The van der Waals surface area contributed by atoms with Crippen LogP contribution in [0, 0.1) is 18.3 Å². The summed E-state index contributed by atoms with van der Waals surface area (Å²) in [6.45, 7) is 5.99. The van der Waals surface area contributed by atoms with E-state index in [4.69, 9.17) is 5.26 Å². The van der Waals surface area contributed by atoms with Crippen LogP contribution in [-0.2, 0) is 0 Å². The van der Waals surface area contributed by atoms with Gasteiger partial charge in [-0.2, -0.15) is 5.26 Å². The lowest BCUT2D eigenvalue weighted by molar-refractivity contribution is 1.50. The molecule has 0 atom stereocenters. The summed E-state index contributed by atoms with van der Waals surface area (Å²) >= 11 is 1.53. The van der Waals surface area contributed by atoms with Gasteiger partial charge in [0.15, 0.2) is 0 Å². The molecule has 0 bridgehead atoms. The van der Waals surface area contributed by atoms with Crippen LogP contribution < -0.4 is 0 Å². The molecule has 0 aromatic carbocycles. The van der Waals surface area contributed by atoms with Gasteiger partial charge in [0, 0.05) is 4.88 Å². The molecule has 0 aliphatic carbocycles. The topological polar surface area (TPSA) is 23.8 Å². The first-order chi connectivity index (χ1) is 4.83. The normalized spacial score (nSPS) is 7.40. The minimum absolute atomic E-state index is 0.794. The van der Waals surface area contributed by atoms with E-state index in [2.05, 4.69) is 6.07 Å². The molecule has 10 heavy (non-hydrogen) atoms. The maximum Gasteiger partial charge on any atom is 0.110 e. The zero-order valence-corrected chi connectivity index (χ0v) is 7.33. The van der Waals surface area contributed by atoms with Gasteiger partial charge < -0.3 is 0 Å². The van der Waals surface area contributed by atoms with Crippen LogP contribution in [0.3, 0.4) is 0 Å². The molecule has 0 saturated carbocycles. The van der Waals surface area contributed by atoms with Crippen molar-refractivity contribution in [3.05, 3.63) is 21.9 Å². The minimum Gasteiger partial charge on any atom is -0.192 e. The minimum atomic E-state index is 0.794. The molecule has 1 nitrogen and oxygen atoms in total. The molecule has 0 aliphatic heterocycles. The van der Waals surface area contributed by atoms with Gasteiger partial charge in [-0.05, 0) is 19.1 Å². The smallest absolute Gasteiger partial charge is 0.110 e. The van der Waals surface area contributed by atoms with E-state index in [1.54, 1.807) is 0 Å². The molecule has 1 heterocycles. The van der Waals surface area contributed by atoms with Crippen LogP contribution in [0.1, 0.15) is 23.6 Å². The number of aryl methyl sites for hydroxylation is 1. The first kappa shape index (κ1) is 9.19. The Balaban J connectivity index is 0.000000371. The fourth-order valence-corrected chi connectivity index (χ4v) is 1.16. The Kier molecular flexibility index (Phi) is 4.61. The van der Waals surface area contributed by atoms with E-state index in [0.29, 0.717) is 0 Å². The first-order valence-electron chi connectivity index (χ1n) is 3.29. The van der Waals surface area contributed by atoms with E-state index < -0.39 is 0 Å². The Bertz CT molecular complexity index is 219. The molecule has 0 aliphatic rings. The standard InChI is InChI=1S/C6H5NS.C2H6/c1-5-2-3-6(4-7)8-5;1-2/h2-3H,1H3;1-2H3. The van der Waals surface area contributed by atoms with E-state index in [-0.39, 0.29) is 0 Å². The van der Waals surface area contributed by atoms with Crippen LogP contribution in [0.15, 0.2) is 12.1 Å². The molecule has 1 rings (SSSR count). The molecule has 54 valence electrons. The highest BCUT2D eigenvalue weighted by atomic mass is 32.1. The maximum atomic E-state index is 8.31. The predicted molar refractivity (Wildman–Crippen MR) is 45.1 cm³/mol. The van der Waals surface area contributed by atoms with Crippen molar-refractivity contribution >= 4 is 11.3 Å². The molecule has 0 radical (unpaired) electrons. The molecule has 1 aromatic heterocycles. The maximum absolute atomic E-state index is 8.31. The van der Waals surface area contributed by atoms with Crippen LogP contribution in [-0.4, -0.2) is 0 Å². The third-order valence-electron chi connectivity index (χ3n) is 0.851. The second-order valence-electron chi connectivity index (χ2n) is 1.52. The van der Waals surface area contributed by atoms with Crippen molar-refractivity contribution in [1.29, 1.82) is 5.26 Å². The Morgan fingerprint density at radius 1 is 1.40 bits per heavy atom. The first-order valence-corrected chi connectivity index (χ1v) is 4.11. The largest absolute Gasteiger partial charge is 0.192 e. The van der Waals surface area contributed by atoms with Crippen LogP contribution in [0.2, 0.25) is 0 Å². The van der Waals surface area contributed by atoms with Crippen molar-refractivity contribution in [2.75, 3.05) is 0 Å². The van der Waals surface area contributed by atoms with Gasteiger partial charge in [-0.1, -0.05) is 13.8 Å². The molecule has 2 heteroatoms. The van der Waals surface area contributed by atoms with Gasteiger partial charge >= 0.3 is 0 Å². The van der Waals surface area contributed by atoms with Crippen molar-refractivity contribution in [1.82, 2.24) is 0 Å². The fourth-order valence-electron chi connectivity index (χ4n) is 0.495. The summed E-state index contributed by atoms with van der Waals surface area (Å²) in [7, 11) is 0. The molecule has 0 amide bonds. The summed E-state index contributed by atoms with van der Waals surface area (Å²) in [5.74, 6) is 0. The van der Waals surface area contributed by atoms with Crippen molar-refractivity contribution < 1.29 is 0 Å². The Morgan fingerprint density at radius 3 is 2.20 bits per heavy atom. The number of thiophene rings is 1. The van der Waals surface area contributed by atoms with Gasteiger partial charge in [0.05, 0.1) is 0 Å². The van der Waals surface area contributed by atoms with Gasteiger partial charge in [-0.25, -0.2) is 0 Å². The summed E-state index contributed by atoms with van der Waals surface area (Å²) in [4.78, 5) is 1.99. The zero-order valence-electron chi connectivity index (χ0n) is 6.51. The van der Waals surface area contributed by atoms with Crippen LogP contribution in [0.5, 0.6) is 0 Å². The van der Waals surface area contributed by atoms with Crippen molar-refractivity contribution in [2.24, 2.45) is 0 Å². The van der Waals surface area contributed by atoms with Gasteiger partial charge in [0.1, 0.15) is 10.9 Å². The summed E-state index contributed by atoms with van der Waals surface area (Å²) in [5, 5.41) is 8.31. The van der Waals surface area contributed by atoms with E-state index >= 15 is 0 Å². The number of nitrogens with zero attached hydrogens (tertiary/aromatic N) is 1. The monoisotopic (exact) mass is 153 g/mol. The molecule has 1 aromatic rings. The molecule has 0 unspecified atom stereocenters. The van der Waals surface area contributed by atoms with Gasteiger partial charge in [0.25, 0.3) is 0 Å². The van der Waals surface area contributed by atoms with E-state index in [0.717, 1.165) is 4.88 Å². The quantitative estimate of drug-likeness (QED) is 0.562. The third-order valence-corrected chi connectivity index (χ3v) is 1.76. The Labute approximate surface area is 65.9 Å². The average molecular weight is 153 g/mol. The van der Waals surface area contributed by atoms with Crippen LogP contribution in [0.25, 0.3) is 0 Å². The molecular weight excluding hydrogens is 142 g/mol. The summed E-state index contributed by atoms with van der Waals surface area (Å²) in [6, 6.07) is 5.85. The summed E-state index contributed by atoms with van der Waals surface area (Å²) in [5.41, 5.74) is 0. The van der Waals surface area contributed by atoms with E-state index in [9.17, 15) is 0 Å². The van der Waals surface area contributed by atoms with Crippen molar-refractivity contribution in [3.8, 4) is 6.07 Å². The molecule has 0 N–H and O–H groups in total. The SMILES string of the molecule is CC.Cc1ccc(C#N)s1. The zero-order chi connectivity index (χ0) is 7.98. The van der Waals surface area contributed by atoms with Crippen molar-refractivity contribution in [2.45, 2.75) is 20.8 Å². The average Bonchev–Trinajstić information content (AvgIpc) is 2.40. The highest BCUT2D eigenvalue weighted by Crippen LogP contribution is 2.12. The Morgan fingerprint density at radius 2 is 2.00 bits per heavy atom. The van der Waals surface area contributed by atoms with Gasteiger partial charge in [0.2, 0.25) is 0 Å². The number of rotatable bonds is 0. The Hall–Kier alpha value is -0.810. The van der Waals surface area contributed by atoms with E-state index in [1.165, 1.54) is 16.2 Å². The fraction of sp³-hybridized carbons (Fsp3) is 0.375. The lowest BCUT2D eigenvalue weighted by atomic mass is 10.5. The molecular formula is C8H11NS. The second kappa shape index (κ2) is 5.01. The van der Waals surface area contributed by atoms with Crippen molar-refractivity contribution in [3.63, 3.8) is 0 Å². The van der Waals surface area contributed by atoms with Crippen LogP contribution >= 0.6 is 11.3 Å². The summed E-state index contributed by atoms with van der Waals surface area (Å²) in [6.07, 6.45) is 0. The highest BCUT2D eigenvalue weighted by Gasteiger charge is 1.89. The molecule has 0 fully saturated rings. The molecule has 0 saturated heterocycles. The van der Waals surface area contributed by atoms with Crippen LogP contribution in [0.4, 0.5) is 0 Å². The van der Waals surface area contributed by atoms with E-state index in [1.807, 2.05) is 32.9 Å². The van der Waals surface area contributed by atoms with Gasteiger partial charge in [-0.3, -0.25) is 0 Å². The second-order valence-corrected chi connectivity index (χ2v) is 2.81. The molecule has 0 spiro atoms. The lowest BCUT2D eigenvalue weighted by Crippen LogP contribution is -1.50. The predicted octanol–water partition coefficient (Wildman–Crippen LogP) is 2.95. The number of hydrogen-bond donors (Lipinski definition) is 0. The number of hydrogen-bond acceptors (Lipinski definition) is 2. The highest BCUT2D eigenvalue weighted by molar-refractivity contribution is 7.12.